The zero-order valence-corrected chi connectivity index (χ0v) is 18.2. The fourth-order valence-electron chi connectivity index (χ4n) is 5.13. The predicted octanol–water partition coefficient (Wildman–Crippen LogP) is 7.86. The van der Waals surface area contributed by atoms with Gasteiger partial charge in [0.1, 0.15) is 0 Å². The van der Waals surface area contributed by atoms with Crippen molar-refractivity contribution in [3.8, 4) is 10.6 Å². The van der Waals surface area contributed by atoms with E-state index in [0.29, 0.717) is 0 Å². The van der Waals surface area contributed by atoms with Gasteiger partial charge in [0.05, 0.1) is 10.6 Å². The number of thiophene rings is 1. The second-order valence-electron chi connectivity index (χ2n) is 8.48. The van der Waals surface area contributed by atoms with Crippen LogP contribution in [0.5, 0.6) is 0 Å². The Balaban J connectivity index is 1.56. The molecule has 4 aromatic carbocycles. The third-order valence-electron chi connectivity index (χ3n) is 6.77. The van der Waals surface area contributed by atoms with Crippen LogP contribution in [0.3, 0.4) is 0 Å². The van der Waals surface area contributed by atoms with Crippen LogP contribution in [0.4, 0.5) is 0 Å². The van der Waals surface area contributed by atoms with Crippen LogP contribution < -0.4 is 0 Å². The first-order valence-corrected chi connectivity index (χ1v) is 11.4. The molecule has 0 fully saturated rings. The molecule has 0 radical (unpaired) electrons. The molecule has 0 unspecified atom stereocenters. The van der Waals surface area contributed by atoms with Crippen molar-refractivity contribution in [1.82, 2.24) is 9.13 Å². The molecule has 31 heavy (non-hydrogen) atoms. The van der Waals surface area contributed by atoms with Gasteiger partial charge in [-0.1, -0.05) is 30.3 Å². The summed E-state index contributed by atoms with van der Waals surface area (Å²) >= 11 is 1.79. The summed E-state index contributed by atoms with van der Waals surface area (Å²) in [6, 6.07) is 27.4. The standard InChI is InChI=1S/C28H20N2S/c1-29-10-9-19-12-23-17(14-25(19)29)5-7-22-21(23)8-6-18-15-26-20(13-24(18)22)16-27(30(26)2)28-4-3-11-31-28/h3-16H,1-2H3. The summed E-state index contributed by atoms with van der Waals surface area (Å²) in [5.41, 5.74) is 3.84. The van der Waals surface area contributed by atoms with Gasteiger partial charge in [0, 0.05) is 42.1 Å². The van der Waals surface area contributed by atoms with Gasteiger partial charge in [-0.25, -0.2) is 0 Å². The molecule has 2 nitrogen and oxygen atoms in total. The number of nitrogens with zero attached hydrogens (tertiary/aromatic N) is 2. The summed E-state index contributed by atoms with van der Waals surface area (Å²) < 4.78 is 4.51. The lowest BCUT2D eigenvalue weighted by Crippen LogP contribution is -1.89. The first-order valence-electron chi connectivity index (χ1n) is 10.5. The third kappa shape index (κ3) is 2.32. The quantitative estimate of drug-likeness (QED) is 0.241. The minimum absolute atomic E-state index is 1.28. The molecule has 7 rings (SSSR count). The van der Waals surface area contributed by atoms with E-state index in [9.17, 15) is 0 Å². The molecule has 0 N–H and O–H groups in total. The average molecular weight is 417 g/mol. The fraction of sp³-hybridized carbons (Fsp3) is 0.0714. The summed E-state index contributed by atoms with van der Waals surface area (Å²) in [6.07, 6.45) is 2.14. The average Bonchev–Trinajstić information content (AvgIpc) is 3.51. The SMILES string of the molecule is Cn1ccc2cc3c(ccc4c5cc6cc(-c7cccs7)n(C)c6cc5ccc34)cc21. The van der Waals surface area contributed by atoms with Crippen molar-refractivity contribution in [2.24, 2.45) is 14.1 Å². The first kappa shape index (κ1) is 17.2. The van der Waals surface area contributed by atoms with E-state index >= 15 is 0 Å². The monoisotopic (exact) mass is 416 g/mol. The number of aromatic nitrogens is 2. The van der Waals surface area contributed by atoms with Crippen LogP contribution in [0.1, 0.15) is 0 Å². The van der Waals surface area contributed by atoms with Crippen molar-refractivity contribution in [1.29, 1.82) is 0 Å². The molecule has 0 saturated carbocycles. The maximum Gasteiger partial charge on any atom is 0.0590 e. The first-order chi connectivity index (χ1) is 15.2. The summed E-state index contributed by atoms with van der Waals surface area (Å²) in [7, 11) is 4.28. The Morgan fingerprint density at radius 3 is 2.03 bits per heavy atom. The molecule has 3 aromatic heterocycles. The molecule has 0 aliphatic heterocycles. The molecule has 0 saturated heterocycles. The van der Waals surface area contributed by atoms with Crippen molar-refractivity contribution < 1.29 is 0 Å². The molecule has 0 amide bonds. The van der Waals surface area contributed by atoms with E-state index in [4.69, 9.17) is 0 Å². The second kappa shape index (κ2) is 5.99. The highest BCUT2D eigenvalue weighted by Crippen LogP contribution is 2.37. The van der Waals surface area contributed by atoms with Crippen LogP contribution >= 0.6 is 11.3 Å². The zero-order valence-electron chi connectivity index (χ0n) is 17.4. The van der Waals surface area contributed by atoms with Crippen molar-refractivity contribution in [3.05, 3.63) is 84.4 Å². The summed E-state index contributed by atoms with van der Waals surface area (Å²) in [4.78, 5) is 1.31. The van der Waals surface area contributed by atoms with E-state index in [0.717, 1.165) is 0 Å². The van der Waals surface area contributed by atoms with Crippen molar-refractivity contribution in [2.45, 2.75) is 0 Å². The number of hydrogen-bond donors (Lipinski definition) is 0. The number of hydrogen-bond acceptors (Lipinski definition) is 1. The smallest absolute Gasteiger partial charge is 0.0590 e. The summed E-state index contributed by atoms with van der Waals surface area (Å²) in [6.45, 7) is 0. The lowest BCUT2D eigenvalue weighted by molar-refractivity contribution is 0.970. The Labute approximate surface area is 183 Å². The lowest BCUT2D eigenvalue weighted by atomic mass is 9.95. The second-order valence-corrected chi connectivity index (χ2v) is 9.43. The Bertz CT molecular complexity index is 1800. The van der Waals surface area contributed by atoms with Gasteiger partial charge in [-0.05, 0) is 80.2 Å². The lowest BCUT2D eigenvalue weighted by Gasteiger charge is -2.10. The minimum Gasteiger partial charge on any atom is -0.351 e. The molecule has 3 heterocycles. The Morgan fingerprint density at radius 2 is 1.32 bits per heavy atom. The van der Waals surface area contributed by atoms with Gasteiger partial charge in [-0.2, -0.15) is 0 Å². The number of fused-ring (bicyclic) bond motifs is 7. The number of rotatable bonds is 1. The minimum atomic E-state index is 1.28. The Hall–Kier alpha value is -3.56. The van der Waals surface area contributed by atoms with E-state index in [1.807, 2.05) is 0 Å². The molecule has 7 aromatic rings. The zero-order chi connectivity index (χ0) is 20.7. The van der Waals surface area contributed by atoms with Gasteiger partial charge in [0.25, 0.3) is 0 Å². The summed E-state index contributed by atoms with van der Waals surface area (Å²) in [5.74, 6) is 0. The molecule has 0 spiro atoms. The molecule has 0 aliphatic carbocycles. The van der Waals surface area contributed by atoms with Gasteiger partial charge in [0.15, 0.2) is 0 Å². The Morgan fingerprint density at radius 1 is 0.613 bits per heavy atom. The van der Waals surface area contributed by atoms with E-state index < -0.39 is 0 Å². The molecule has 0 aliphatic rings. The van der Waals surface area contributed by atoms with Gasteiger partial charge in [-0.3, -0.25) is 0 Å². The van der Waals surface area contributed by atoms with Crippen LogP contribution in [0.2, 0.25) is 0 Å². The predicted molar refractivity (Wildman–Crippen MR) is 135 cm³/mol. The molecule has 148 valence electrons. The fourth-order valence-corrected chi connectivity index (χ4v) is 5.91. The van der Waals surface area contributed by atoms with Crippen LogP contribution in [-0.4, -0.2) is 9.13 Å². The molecular weight excluding hydrogens is 396 g/mol. The third-order valence-corrected chi connectivity index (χ3v) is 7.67. The van der Waals surface area contributed by atoms with Crippen molar-refractivity contribution in [3.63, 3.8) is 0 Å². The highest BCUT2D eigenvalue weighted by molar-refractivity contribution is 7.13. The Kier molecular flexibility index (Phi) is 3.32. The highest BCUT2D eigenvalue weighted by atomic mass is 32.1. The largest absolute Gasteiger partial charge is 0.351 e. The maximum atomic E-state index is 2.37. The van der Waals surface area contributed by atoms with Crippen LogP contribution in [0.25, 0.3) is 64.7 Å². The van der Waals surface area contributed by atoms with Gasteiger partial charge < -0.3 is 9.13 Å². The normalized spacial score (nSPS) is 12.2. The van der Waals surface area contributed by atoms with Crippen molar-refractivity contribution >= 4 is 65.5 Å². The van der Waals surface area contributed by atoms with Crippen LogP contribution in [-0.2, 0) is 14.1 Å². The van der Waals surface area contributed by atoms with E-state index in [1.54, 1.807) is 11.3 Å². The van der Waals surface area contributed by atoms with E-state index in [2.05, 4.69) is 108 Å². The van der Waals surface area contributed by atoms with Gasteiger partial charge >= 0.3 is 0 Å². The van der Waals surface area contributed by atoms with Gasteiger partial charge in [0.2, 0.25) is 0 Å². The van der Waals surface area contributed by atoms with Crippen LogP contribution in [0, 0.1) is 0 Å². The van der Waals surface area contributed by atoms with E-state index in [-0.39, 0.29) is 0 Å². The van der Waals surface area contributed by atoms with Gasteiger partial charge in [-0.15, -0.1) is 11.3 Å². The molecule has 3 heteroatoms. The molecule has 0 atom stereocenters. The van der Waals surface area contributed by atoms with Crippen LogP contribution in [0.15, 0.2) is 84.4 Å². The molecular formula is C28H20N2S. The molecule has 0 bridgehead atoms. The van der Waals surface area contributed by atoms with E-state index in [1.165, 1.54) is 64.7 Å². The topological polar surface area (TPSA) is 9.86 Å². The highest BCUT2D eigenvalue weighted by Gasteiger charge is 2.12. The van der Waals surface area contributed by atoms with Crippen molar-refractivity contribution in [2.75, 3.05) is 0 Å². The maximum absolute atomic E-state index is 2.37. The number of benzene rings is 4. The number of aryl methyl sites for hydroxylation is 2. The summed E-state index contributed by atoms with van der Waals surface area (Å²) in [5, 5.41) is 12.6.